The molecule has 0 amide bonds. The Hall–Kier alpha value is -2.70. The number of hydrogen-bond acceptors (Lipinski definition) is 5. The molecule has 5 nitrogen and oxygen atoms in total. The number of allylic oxidation sites excluding steroid dienone is 1. The first-order valence-electron chi connectivity index (χ1n) is 14.5. The SMILES string of the molecule is CCOC(=O)c1ccc(N2CCN(CC3=C(c4ccc(Cl)cc4)CC(C)(C)CC3)CC2)cc1Oc1ccc(Cl)c(Cl)c1. The van der Waals surface area contributed by atoms with Gasteiger partial charge in [0, 0.05) is 55.6 Å². The van der Waals surface area contributed by atoms with E-state index in [1.54, 1.807) is 36.8 Å². The number of anilines is 1. The van der Waals surface area contributed by atoms with Crippen LogP contribution in [-0.2, 0) is 4.74 Å². The summed E-state index contributed by atoms with van der Waals surface area (Å²) >= 11 is 18.5. The molecule has 3 aromatic carbocycles. The van der Waals surface area contributed by atoms with Gasteiger partial charge in [0.1, 0.15) is 17.1 Å². The lowest BCUT2D eigenvalue weighted by Gasteiger charge is -2.39. The Morgan fingerprint density at radius 2 is 1.64 bits per heavy atom. The number of nitrogens with zero attached hydrogens (tertiary/aromatic N) is 2. The molecule has 1 saturated heterocycles. The molecule has 1 fully saturated rings. The average molecular weight is 628 g/mol. The lowest BCUT2D eigenvalue weighted by molar-refractivity contribution is 0.0523. The Morgan fingerprint density at radius 3 is 2.33 bits per heavy atom. The third kappa shape index (κ3) is 7.44. The first-order chi connectivity index (χ1) is 20.1. The monoisotopic (exact) mass is 626 g/mol. The zero-order valence-corrected chi connectivity index (χ0v) is 26.7. The molecule has 8 heteroatoms. The summed E-state index contributed by atoms with van der Waals surface area (Å²) in [5, 5.41) is 1.59. The maximum absolute atomic E-state index is 12.7. The summed E-state index contributed by atoms with van der Waals surface area (Å²) in [5.41, 5.74) is 5.97. The molecule has 2 aliphatic rings. The first-order valence-corrected chi connectivity index (χ1v) is 15.6. The molecule has 0 unspecified atom stereocenters. The number of carbonyl (C=O) groups is 1. The van der Waals surface area contributed by atoms with Crippen molar-refractivity contribution in [2.45, 2.75) is 40.0 Å². The molecule has 0 bridgehead atoms. The van der Waals surface area contributed by atoms with Gasteiger partial charge in [0.15, 0.2) is 0 Å². The third-order valence-corrected chi connectivity index (χ3v) is 9.10. The van der Waals surface area contributed by atoms with E-state index in [9.17, 15) is 4.79 Å². The second-order valence-corrected chi connectivity index (χ2v) is 13.0. The molecule has 3 aromatic rings. The van der Waals surface area contributed by atoms with Crippen molar-refractivity contribution in [2.24, 2.45) is 5.41 Å². The van der Waals surface area contributed by atoms with Crippen molar-refractivity contribution in [1.82, 2.24) is 4.90 Å². The van der Waals surface area contributed by atoms with Gasteiger partial charge in [-0.1, -0.05) is 66.4 Å². The molecule has 222 valence electrons. The van der Waals surface area contributed by atoms with E-state index in [1.165, 1.54) is 17.6 Å². The second-order valence-electron chi connectivity index (χ2n) is 11.8. The van der Waals surface area contributed by atoms with Crippen molar-refractivity contribution < 1.29 is 14.3 Å². The number of esters is 1. The van der Waals surface area contributed by atoms with Crippen molar-refractivity contribution in [3.05, 3.63) is 92.4 Å². The topological polar surface area (TPSA) is 42.0 Å². The van der Waals surface area contributed by atoms with Gasteiger partial charge in [0.05, 0.1) is 16.7 Å². The highest BCUT2D eigenvalue weighted by Gasteiger charge is 2.29. The van der Waals surface area contributed by atoms with Gasteiger partial charge in [-0.3, -0.25) is 4.90 Å². The smallest absolute Gasteiger partial charge is 0.341 e. The summed E-state index contributed by atoms with van der Waals surface area (Å²) in [4.78, 5) is 17.6. The molecule has 1 aliphatic carbocycles. The van der Waals surface area contributed by atoms with E-state index in [-0.39, 0.29) is 6.61 Å². The fraction of sp³-hybridized carbons (Fsp3) is 0.382. The lowest BCUT2D eigenvalue weighted by Crippen LogP contribution is -2.47. The summed E-state index contributed by atoms with van der Waals surface area (Å²) < 4.78 is 11.4. The fourth-order valence-corrected chi connectivity index (χ4v) is 6.15. The minimum absolute atomic E-state index is 0.280. The molecule has 1 aliphatic heterocycles. The molecule has 0 aromatic heterocycles. The minimum Gasteiger partial charge on any atom is -0.462 e. The van der Waals surface area contributed by atoms with Crippen LogP contribution in [0.15, 0.2) is 66.2 Å². The van der Waals surface area contributed by atoms with E-state index in [1.807, 2.05) is 24.3 Å². The van der Waals surface area contributed by atoms with Crippen LogP contribution in [0.25, 0.3) is 5.57 Å². The fourth-order valence-electron chi connectivity index (χ4n) is 5.73. The van der Waals surface area contributed by atoms with E-state index in [4.69, 9.17) is 44.3 Å². The van der Waals surface area contributed by atoms with Crippen LogP contribution in [0.4, 0.5) is 5.69 Å². The molecule has 0 radical (unpaired) electrons. The van der Waals surface area contributed by atoms with Gasteiger partial charge in [0.25, 0.3) is 0 Å². The molecule has 5 rings (SSSR count). The quantitative estimate of drug-likeness (QED) is 0.233. The number of piperazine rings is 1. The summed E-state index contributed by atoms with van der Waals surface area (Å²) in [6, 6.07) is 19.0. The predicted molar refractivity (Wildman–Crippen MR) is 174 cm³/mol. The zero-order valence-electron chi connectivity index (χ0n) is 24.4. The van der Waals surface area contributed by atoms with E-state index < -0.39 is 5.97 Å². The summed E-state index contributed by atoms with van der Waals surface area (Å²) in [7, 11) is 0. The molecule has 0 atom stereocenters. The average Bonchev–Trinajstić information content (AvgIpc) is 2.97. The number of carbonyl (C=O) groups excluding carboxylic acids is 1. The number of halogens is 3. The highest BCUT2D eigenvalue weighted by Crippen LogP contribution is 2.43. The van der Waals surface area contributed by atoms with Crippen molar-refractivity contribution in [3.8, 4) is 11.5 Å². The van der Waals surface area contributed by atoms with Crippen molar-refractivity contribution in [2.75, 3.05) is 44.2 Å². The highest BCUT2D eigenvalue weighted by molar-refractivity contribution is 6.42. The van der Waals surface area contributed by atoms with Gasteiger partial charge in [-0.05, 0) is 79.1 Å². The van der Waals surface area contributed by atoms with Crippen molar-refractivity contribution in [1.29, 1.82) is 0 Å². The van der Waals surface area contributed by atoms with Gasteiger partial charge in [0.2, 0.25) is 0 Å². The molecule has 1 heterocycles. The maximum atomic E-state index is 12.7. The molecule has 0 N–H and O–H groups in total. The Labute approximate surface area is 264 Å². The number of ether oxygens (including phenoxy) is 2. The van der Waals surface area contributed by atoms with Gasteiger partial charge < -0.3 is 14.4 Å². The maximum Gasteiger partial charge on any atom is 0.341 e. The molecular weight excluding hydrogens is 591 g/mol. The standard InChI is InChI=1S/C34H37Cl3N2O3/c1-4-41-33(40)28-11-9-26(19-32(28)42-27-10-12-30(36)31(37)20-27)39-17-15-38(16-18-39)22-24-13-14-34(2,3)21-29(24)23-5-7-25(35)8-6-23/h5-12,19-20H,4,13-18,21-22H2,1-3H3. The predicted octanol–water partition coefficient (Wildman–Crippen LogP) is 9.40. The molecule has 0 spiro atoms. The number of hydrogen-bond donors (Lipinski definition) is 0. The van der Waals surface area contributed by atoms with Crippen molar-refractivity contribution >= 4 is 52.0 Å². The van der Waals surface area contributed by atoms with Gasteiger partial charge in [-0.15, -0.1) is 0 Å². The van der Waals surface area contributed by atoms with E-state index >= 15 is 0 Å². The molecule has 42 heavy (non-hydrogen) atoms. The minimum atomic E-state index is -0.427. The molecule has 0 saturated carbocycles. The van der Waals surface area contributed by atoms with E-state index in [0.29, 0.717) is 32.5 Å². The summed E-state index contributed by atoms with van der Waals surface area (Å²) in [6.07, 6.45) is 3.40. The first kappa shape index (κ1) is 30.7. The lowest BCUT2D eigenvalue weighted by atomic mass is 9.72. The zero-order chi connectivity index (χ0) is 29.9. The third-order valence-electron chi connectivity index (χ3n) is 8.11. The van der Waals surface area contributed by atoms with Gasteiger partial charge in [-0.25, -0.2) is 4.79 Å². The normalized spacial score (nSPS) is 17.3. The summed E-state index contributed by atoms with van der Waals surface area (Å²) in [6.45, 7) is 11.4. The van der Waals surface area contributed by atoms with Crippen LogP contribution in [0.5, 0.6) is 11.5 Å². The Balaban J connectivity index is 1.31. The van der Waals surface area contributed by atoms with Crippen molar-refractivity contribution in [3.63, 3.8) is 0 Å². The largest absolute Gasteiger partial charge is 0.462 e. The van der Waals surface area contributed by atoms with E-state index in [2.05, 4.69) is 35.8 Å². The van der Waals surface area contributed by atoms with Crippen LogP contribution >= 0.6 is 34.8 Å². The second kappa shape index (κ2) is 13.3. The van der Waals surface area contributed by atoms with Crippen LogP contribution in [0.3, 0.4) is 0 Å². The van der Waals surface area contributed by atoms with Gasteiger partial charge >= 0.3 is 5.97 Å². The van der Waals surface area contributed by atoms with Crippen LogP contribution < -0.4 is 9.64 Å². The Kier molecular flexibility index (Phi) is 9.74. The van der Waals surface area contributed by atoms with Gasteiger partial charge in [-0.2, -0.15) is 0 Å². The van der Waals surface area contributed by atoms with Crippen LogP contribution in [0, 0.1) is 5.41 Å². The molecular formula is C34H37Cl3N2O3. The Bertz CT molecular complexity index is 1460. The van der Waals surface area contributed by atoms with Crippen LogP contribution in [-0.4, -0.2) is 50.2 Å². The number of benzene rings is 3. The Morgan fingerprint density at radius 1 is 0.905 bits per heavy atom. The van der Waals surface area contributed by atoms with Crippen LogP contribution in [0.1, 0.15) is 56.0 Å². The van der Waals surface area contributed by atoms with Crippen LogP contribution in [0.2, 0.25) is 15.1 Å². The summed E-state index contributed by atoms with van der Waals surface area (Å²) in [5.74, 6) is 0.496. The number of rotatable bonds is 8. The van der Waals surface area contributed by atoms with E-state index in [0.717, 1.165) is 56.3 Å². The highest BCUT2D eigenvalue weighted by atomic mass is 35.5.